The Hall–Kier alpha value is -1.68. The van der Waals surface area contributed by atoms with Crippen LogP contribution in [0.25, 0.3) is 11.3 Å². The van der Waals surface area contributed by atoms with Crippen LogP contribution in [-0.2, 0) is 6.42 Å². The maximum atomic E-state index is 5.72. The van der Waals surface area contributed by atoms with Crippen LogP contribution in [0.15, 0.2) is 30.6 Å². The Bertz CT molecular complexity index is 620. The lowest BCUT2D eigenvalue weighted by molar-refractivity contribution is 0.242. The van der Waals surface area contributed by atoms with Crippen LogP contribution in [-0.4, -0.2) is 16.1 Å². The van der Waals surface area contributed by atoms with Crippen molar-refractivity contribution in [3.8, 4) is 17.0 Å². The topological polar surface area (TPSA) is 37.9 Å². The predicted octanol–water partition coefficient (Wildman–Crippen LogP) is 4.16. The van der Waals surface area contributed by atoms with Gasteiger partial charge in [0.2, 0.25) is 0 Å². The number of aromatic nitrogens is 2. The molecular weight excluding hydrogens is 256 g/mol. The summed E-state index contributed by atoms with van der Waals surface area (Å²) in [5.41, 5.74) is 3.17. The molecule has 0 radical (unpaired) electrons. The molecule has 1 aromatic heterocycles. The number of benzene rings is 1. The van der Waals surface area contributed by atoms with Crippen molar-refractivity contribution >= 4 is 12.2 Å². The Morgan fingerprint density at radius 1 is 1.37 bits per heavy atom. The maximum Gasteiger partial charge on any atom is 0.133 e. The first-order valence-electron chi connectivity index (χ1n) is 6.45. The summed E-state index contributed by atoms with van der Waals surface area (Å²) in [6.07, 6.45) is 2.66. The summed E-state index contributed by atoms with van der Waals surface area (Å²) in [5.74, 6) is 0.866. The lowest BCUT2D eigenvalue weighted by Crippen LogP contribution is -2.05. The van der Waals surface area contributed by atoms with Gasteiger partial charge in [0.1, 0.15) is 10.4 Å². The van der Waals surface area contributed by atoms with Crippen molar-refractivity contribution in [1.82, 2.24) is 9.97 Å². The molecule has 2 aromatic rings. The van der Waals surface area contributed by atoms with Gasteiger partial charge in [0.15, 0.2) is 0 Å². The van der Waals surface area contributed by atoms with Gasteiger partial charge in [0.05, 0.1) is 18.1 Å². The summed E-state index contributed by atoms with van der Waals surface area (Å²) in [4.78, 5) is 7.33. The quantitative estimate of drug-likeness (QED) is 0.851. The van der Waals surface area contributed by atoms with Gasteiger partial charge in [-0.1, -0.05) is 31.3 Å². The van der Waals surface area contributed by atoms with Crippen molar-refractivity contribution in [2.45, 2.75) is 33.3 Å². The molecular formula is C15H18N2OS. The van der Waals surface area contributed by atoms with Crippen LogP contribution >= 0.6 is 12.2 Å². The van der Waals surface area contributed by atoms with Crippen LogP contribution < -0.4 is 4.74 Å². The van der Waals surface area contributed by atoms with Crippen LogP contribution in [0, 0.1) is 4.64 Å². The fourth-order valence-electron chi connectivity index (χ4n) is 2.01. The van der Waals surface area contributed by atoms with E-state index < -0.39 is 0 Å². The van der Waals surface area contributed by atoms with E-state index in [1.165, 1.54) is 0 Å². The second-order valence-corrected chi connectivity index (χ2v) is 5.00. The van der Waals surface area contributed by atoms with Crippen molar-refractivity contribution in [2.75, 3.05) is 0 Å². The molecule has 0 atom stereocenters. The standard InChI is InChI=1S/C15H18N2OS/c1-4-13-14(16-9-17-15(13)19)11-6-5-7-12(8-11)18-10(2)3/h5-10H,4H2,1-3H3,(H,16,17,19). The molecule has 0 amide bonds. The molecule has 1 heterocycles. The van der Waals surface area contributed by atoms with Gasteiger partial charge in [-0.25, -0.2) is 4.98 Å². The third kappa shape index (κ3) is 3.20. The highest BCUT2D eigenvalue weighted by atomic mass is 32.1. The van der Waals surface area contributed by atoms with E-state index in [4.69, 9.17) is 17.0 Å². The SMILES string of the molecule is CCc1c(-c2cccc(OC(C)C)c2)[nH]cnc1=S. The number of ether oxygens (including phenoxy) is 1. The second kappa shape index (κ2) is 5.97. The predicted molar refractivity (Wildman–Crippen MR) is 80.0 cm³/mol. The van der Waals surface area contributed by atoms with E-state index in [0.717, 1.165) is 29.0 Å². The summed E-state index contributed by atoms with van der Waals surface area (Å²) in [5, 5.41) is 0. The molecule has 3 nitrogen and oxygen atoms in total. The minimum absolute atomic E-state index is 0.164. The number of nitrogens with zero attached hydrogens (tertiary/aromatic N) is 1. The Balaban J connectivity index is 2.47. The normalized spacial score (nSPS) is 10.7. The monoisotopic (exact) mass is 274 g/mol. The molecule has 0 aliphatic rings. The smallest absolute Gasteiger partial charge is 0.133 e. The lowest BCUT2D eigenvalue weighted by Gasteiger charge is -2.12. The molecule has 0 unspecified atom stereocenters. The van der Waals surface area contributed by atoms with E-state index in [0.29, 0.717) is 4.64 Å². The Morgan fingerprint density at radius 2 is 2.16 bits per heavy atom. The fourth-order valence-corrected chi connectivity index (χ4v) is 2.31. The first kappa shape index (κ1) is 13.7. The minimum Gasteiger partial charge on any atom is -0.491 e. The number of nitrogens with one attached hydrogen (secondary N) is 1. The number of rotatable bonds is 4. The van der Waals surface area contributed by atoms with E-state index in [9.17, 15) is 0 Å². The van der Waals surface area contributed by atoms with Gasteiger partial charge in [-0.2, -0.15) is 0 Å². The molecule has 0 spiro atoms. The minimum atomic E-state index is 0.164. The first-order valence-corrected chi connectivity index (χ1v) is 6.86. The van der Waals surface area contributed by atoms with Crippen LogP contribution in [0.3, 0.4) is 0 Å². The van der Waals surface area contributed by atoms with Gasteiger partial charge in [-0.3, -0.25) is 0 Å². The molecule has 0 bridgehead atoms. The van der Waals surface area contributed by atoms with E-state index in [1.54, 1.807) is 6.33 Å². The summed E-state index contributed by atoms with van der Waals surface area (Å²) in [7, 11) is 0. The fraction of sp³-hybridized carbons (Fsp3) is 0.333. The molecule has 100 valence electrons. The highest BCUT2D eigenvalue weighted by Crippen LogP contribution is 2.26. The van der Waals surface area contributed by atoms with Gasteiger partial charge < -0.3 is 9.72 Å². The number of hydrogen-bond donors (Lipinski definition) is 1. The molecule has 0 aliphatic carbocycles. The molecule has 19 heavy (non-hydrogen) atoms. The molecule has 1 aromatic carbocycles. The third-order valence-corrected chi connectivity index (χ3v) is 3.15. The number of H-pyrrole nitrogens is 1. The van der Waals surface area contributed by atoms with E-state index in [1.807, 2.05) is 38.1 Å². The average Bonchev–Trinajstić information content (AvgIpc) is 2.38. The van der Waals surface area contributed by atoms with Crippen molar-refractivity contribution in [3.63, 3.8) is 0 Å². The Kier molecular flexibility index (Phi) is 4.32. The average molecular weight is 274 g/mol. The summed E-state index contributed by atoms with van der Waals surface area (Å²) in [6, 6.07) is 8.03. The van der Waals surface area contributed by atoms with E-state index in [-0.39, 0.29) is 6.10 Å². The lowest BCUT2D eigenvalue weighted by atomic mass is 10.1. The summed E-state index contributed by atoms with van der Waals surface area (Å²) < 4.78 is 6.38. The second-order valence-electron chi connectivity index (χ2n) is 4.61. The molecule has 4 heteroatoms. The maximum absolute atomic E-state index is 5.72. The molecule has 0 saturated carbocycles. The van der Waals surface area contributed by atoms with Crippen LogP contribution in [0.2, 0.25) is 0 Å². The first-order chi connectivity index (χ1) is 9.11. The number of aromatic amines is 1. The molecule has 0 fully saturated rings. The zero-order chi connectivity index (χ0) is 13.8. The van der Waals surface area contributed by atoms with Crippen molar-refractivity contribution in [1.29, 1.82) is 0 Å². The highest BCUT2D eigenvalue weighted by molar-refractivity contribution is 7.71. The van der Waals surface area contributed by atoms with Gasteiger partial charge >= 0.3 is 0 Å². The Morgan fingerprint density at radius 3 is 2.84 bits per heavy atom. The van der Waals surface area contributed by atoms with Crippen molar-refractivity contribution in [3.05, 3.63) is 40.8 Å². The van der Waals surface area contributed by atoms with Crippen LogP contribution in [0.4, 0.5) is 0 Å². The third-order valence-electron chi connectivity index (χ3n) is 2.80. The molecule has 2 rings (SSSR count). The number of hydrogen-bond acceptors (Lipinski definition) is 3. The summed E-state index contributed by atoms with van der Waals surface area (Å²) in [6.45, 7) is 6.12. The van der Waals surface area contributed by atoms with Crippen LogP contribution in [0.1, 0.15) is 26.3 Å². The van der Waals surface area contributed by atoms with Gasteiger partial charge in [0, 0.05) is 11.1 Å². The highest BCUT2D eigenvalue weighted by Gasteiger charge is 2.08. The van der Waals surface area contributed by atoms with Crippen molar-refractivity contribution < 1.29 is 4.74 Å². The van der Waals surface area contributed by atoms with Crippen LogP contribution in [0.5, 0.6) is 5.75 Å². The molecule has 1 N–H and O–H groups in total. The summed E-state index contributed by atoms with van der Waals surface area (Å²) >= 11 is 5.28. The van der Waals surface area contributed by atoms with Gasteiger partial charge in [0.25, 0.3) is 0 Å². The largest absolute Gasteiger partial charge is 0.491 e. The van der Waals surface area contributed by atoms with E-state index in [2.05, 4.69) is 16.9 Å². The van der Waals surface area contributed by atoms with Gasteiger partial charge in [-0.15, -0.1) is 0 Å². The molecule has 0 saturated heterocycles. The van der Waals surface area contributed by atoms with Crippen molar-refractivity contribution in [2.24, 2.45) is 0 Å². The van der Waals surface area contributed by atoms with E-state index >= 15 is 0 Å². The zero-order valence-corrected chi connectivity index (χ0v) is 12.3. The Labute approximate surface area is 118 Å². The molecule has 0 aliphatic heterocycles. The van der Waals surface area contributed by atoms with Gasteiger partial charge in [-0.05, 0) is 32.4 Å². The zero-order valence-electron chi connectivity index (χ0n) is 11.4.